The predicted molar refractivity (Wildman–Crippen MR) is 113 cm³/mol. The Morgan fingerprint density at radius 2 is 1.90 bits per heavy atom. The van der Waals surface area contributed by atoms with Gasteiger partial charge in [0.1, 0.15) is 11.8 Å². The molecule has 1 atom stereocenters. The number of pyridine rings is 1. The zero-order valence-corrected chi connectivity index (χ0v) is 17.2. The molecule has 0 amide bonds. The number of hydrogen-bond acceptors (Lipinski definition) is 6. The van der Waals surface area contributed by atoms with Crippen molar-refractivity contribution in [2.45, 2.75) is 17.0 Å². The van der Waals surface area contributed by atoms with E-state index in [0.29, 0.717) is 17.5 Å². The van der Waals surface area contributed by atoms with E-state index in [2.05, 4.69) is 21.2 Å². The van der Waals surface area contributed by atoms with Crippen molar-refractivity contribution in [2.24, 2.45) is 7.05 Å². The van der Waals surface area contributed by atoms with Gasteiger partial charge in [-0.05, 0) is 24.3 Å². The van der Waals surface area contributed by atoms with Gasteiger partial charge in [-0.3, -0.25) is 0 Å². The van der Waals surface area contributed by atoms with E-state index in [-0.39, 0.29) is 6.10 Å². The monoisotopic (exact) mass is 424 g/mol. The number of para-hydroxylation sites is 3. The van der Waals surface area contributed by atoms with Gasteiger partial charge in [0.25, 0.3) is 0 Å². The van der Waals surface area contributed by atoms with Crippen LogP contribution in [-0.2, 0) is 12.8 Å². The average molecular weight is 425 g/mol. The summed E-state index contributed by atoms with van der Waals surface area (Å²) in [6.07, 6.45) is -0.303. The Morgan fingerprint density at radius 3 is 2.79 bits per heavy atom. The molecule has 146 valence electrons. The molecule has 0 N–H and O–H groups in total. The Bertz CT molecular complexity index is 1200. The number of fused-ring (bicyclic) bond motifs is 2. The van der Waals surface area contributed by atoms with Gasteiger partial charge in [0.2, 0.25) is 0 Å². The first-order valence-corrected chi connectivity index (χ1v) is 10.5. The van der Waals surface area contributed by atoms with E-state index < -0.39 is 0 Å². The number of aromatic nitrogens is 4. The topological polar surface area (TPSA) is 62.1 Å². The molecule has 1 aliphatic heterocycles. The van der Waals surface area contributed by atoms with Crippen LogP contribution in [0.2, 0.25) is 5.15 Å². The van der Waals surface area contributed by atoms with Crippen molar-refractivity contribution in [1.29, 1.82) is 0 Å². The lowest BCUT2D eigenvalue weighted by Crippen LogP contribution is -2.24. The van der Waals surface area contributed by atoms with Crippen LogP contribution in [0.3, 0.4) is 0 Å². The first-order valence-electron chi connectivity index (χ1n) is 9.14. The summed E-state index contributed by atoms with van der Waals surface area (Å²) in [5, 5.41) is 11.0. The molecule has 5 rings (SSSR count). The zero-order chi connectivity index (χ0) is 19.8. The highest BCUT2D eigenvalue weighted by atomic mass is 35.5. The first-order chi connectivity index (χ1) is 14.2. The smallest absolute Gasteiger partial charge is 0.192 e. The second-order valence-electron chi connectivity index (χ2n) is 6.68. The molecule has 0 aliphatic carbocycles. The molecule has 0 spiro atoms. The van der Waals surface area contributed by atoms with Crippen molar-refractivity contribution in [3.63, 3.8) is 0 Å². The molecule has 0 saturated carbocycles. The molecule has 6 nitrogen and oxygen atoms in total. The highest BCUT2D eigenvalue weighted by Crippen LogP contribution is 2.36. The quantitative estimate of drug-likeness (QED) is 0.345. The molecule has 4 aromatic rings. The molecule has 2 aromatic heterocycles. The van der Waals surface area contributed by atoms with Gasteiger partial charge in [-0.15, -0.1) is 10.2 Å². The lowest BCUT2D eigenvalue weighted by atomic mass is 10.2. The van der Waals surface area contributed by atoms with Crippen molar-refractivity contribution in [3.8, 4) is 11.5 Å². The van der Waals surface area contributed by atoms with Gasteiger partial charge in [0.15, 0.2) is 28.6 Å². The zero-order valence-electron chi connectivity index (χ0n) is 15.6. The van der Waals surface area contributed by atoms with E-state index in [9.17, 15) is 0 Å². The van der Waals surface area contributed by atoms with Crippen LogP contribution in [0.4, 0.5) is 0 Å². The Kier molecular flexibility index (Phi) is 4.77. The van der Waals surface area contributed by atoms with Crippen LogP contribution in [0.5, 0.6) is 11.5 Å². The third-order valence-electron chi connectivity index (χ3n) is 4.77. The fraction of sp³-hybridized carbons (Fsp3) is 0.190. The Balaban J connectivity index is 1.34. The van der Waals surface area contributed by atoms with E-state index >= 15 is 0 Å². The van der Waals surface area contributed by atoms with E-state index in [0.717, 1.165) is 38.9 Å². The molecule has 0 unspecified atom stereocenters. The van der Waals surface area contributed by atoms with Crippen LogP contribution < -0.4 is 9.47 Å². The van der Waals surface area contributed by atoms with Gasteiger partial charge in [0, 0.05) is 23.8 Å². The minimum Gasteiger partial charge on any atom is -0.485 e. The van der Waals surface area contributed by atoms with Crippen LogP contribution in [0.1, 0.15) is 17.5 Å². The normalized spacial score (nSPS) is 15.6. The number of benzene rings is 2. The van der Waals surface area contributed by atoms with Gasteiger partial charge in [-0.1, -0.05) is 53.7 Å². The fourth-order valence-electron chi connectivity index (χ4n) is 3.26. The van der Waals surface area contributed by atoms with E-state index in [1.54, 1.807) is 11.8 Å². The highest BCUT2D eigenvalue weighted by molar-refractivity contribution is 7.98. The molecule has 3 heterocycles. The summed E-state index contributed by atoms with van der Waals surface area (Å²) in [5.41, 5.74) is 1.85. The van der Waals surface area contributed by atoms with Gasteiger partial charge in [-0.25, -0.2) is 4.98 Å². The minimum atomic E-state index is -0.303. The molecular formula is C21H17ClN4O2S. The van der Waals surface area contributed by atoms with Crippen molar-refractivity contribution >= 4 is 34.3 Å². The van der Waals surface area contributed by atoms with Crippen LogP contribution in [0.25, 0.3) is 10.9 Å². The molecule has 1 aliphatic rings. The van der Waals surface area contributed by atoms with Gasteiger partial charge in [0.05, 0.1) is 5.52 Å². The van der Waals surface area contributed by atoms with E-state index in [1.807, 2.05) is 60.1 Å². The fourth-order valence-corrected chi connectivity index (χ4v) is 4.44. The van der Waals surface area contributed by atoms with Crippen molar-refractivity contribution in [1.82, 2.24) is 19.7 Å². The SMILES string of the molecule is Cn1c(SCc2cc3ccccc3nc2Cl)nnc1[C@@H]1COc2ccccc2O1. The van der Waals surface area contributed by atoms with Gasteiger partial charge >= 0.3 is 0 Å². The Hall–Kier alpha value is -2.77. The summed E-state index contributed by atoms with van der Waals surface area (Å²) >= 11 is 7.94. The van der Waals surface area contributed by atoms with Crippen LogP contribution >= 0.6 is 23.4 Å². The van der Waals surface area contributed by atoms with E-state index in [1.165, 1.54) is 0 Å². The maximum atomic E-state index is 6.38. The number of rotatable bonds is 4. The average Bonchev–Trinajstić information content (AvgIpc) is 3.12. The predicted octanol–water partition coefficient (Wildman–Crippen LogP) is 4.82. The summed E-state index contributed by atoms with van der Waals surface area (Å²) in [7, 11) is 1.93. The van der Waals surface area contributed by atoms with E-state index in [4.69, 9.17) is 21.1 Å². The molecule has 8 heteroatoms. The number of thioether (sulfide) groups is 1. The Morgan fingerprint density at radius 1 is 1.10 bits per heavy atom. The Labute approximate surface area is 176 Å². The molecule has 0 fully saturated rings. The van der Waals surface area contributed by atoms with Crippen LogP contribution in [0.15, 0.2) is 59.8 Å². The lowest BCUT2D eigenvalue weighted by Gasteiger charge is -2.25. The summed E-state index contributed by atoms with van der Waals surface area (Å²) in [6.45, 7) is 0.397. The van der Waals surface area contributed by atoms with Crippen molar-refractivity contribution in [3.05, 3.63) is 71.1 Å². The highest BCUT2D eigenvalue weighted by Gasteiger charge is 2.27. The van der Waals surface area contributed by atoms with Crippen LogP contribution in [-0.4, -0.2) is 26.4 Å². The molecule has 0 bridgehead atoms. The maximum Gasteiger partial charge on any atom is 0.192 e. The summed E-state index contributed by atoms with van der Waals surface area (Å²) in [5.74, 6) is 2.84. The number of ether oxygens (including phenoxy) is 2. The van der Waals surface area contributed by atoms with Gasteiger partial charge < -0.3 is 14.0 Å². The number of hydrogen-bond donors (Lipinski definition) is 0. The molecule has 29 heavy (non-hydrogen) atoms. The number of halogens is 1. The van der Waals surface area contributed by atoms with Crippen molar-refractivity contribution < 1.29 is 9.47 Å². The van der Waals surface area contributed by atoms with Gasteiger partial charge in [-0.2, -0.15) is 0 Å². The summed E-state index contributed by atoms with van der Waals surface area (Å²) < 4.78 is 13.8. The molecule has 0 radical (unpaired) electrons. The van der Waals surface area contributed by atoms with Crippen molar-refractivity contribution in [2.75, 3.05) is 6.61 Å². The lowest BCUT2D eigenvalue weighted by molar-refractivity contribution is 0.0825. The third-order valence-corrected chi connectivity index (χ3v) is 6.17. The largest absolute Gasteiger partial charge is 0.485 e. The second kappa shape index (κ2) is 7.57. The molecular weight excluding hydrogens is 408 g/mol. The summed E-state index contributed by atoms with van der Waals surface area (Å²) in [4.78, 5) is 4.48. The molecule has 2 aromatic carbocycles. The van der Waals surface area contributed by atoms with Crippen LogP contribution in [0, 0.1) is 0 Å². The number of nitrogens with zero attached hydrogens (tertiary/aromatic N) is 4. The minimum absolute atomic E-state index is 0.303. The second-order valence-corrected chi connectivity index (χ2v) is 7.98. The standard InChI is InChI=1S/C21H17ClN4O2S/c1-26-20(18-11-27-16-8-4-5-9-17(16)28-18)24-25-21(26)29-12-14-10-13-6-2-3-7-15(13)23-19(14)22/h2-10,18H,11-12H2,1H3/t18-/m0/s1. The third kappa shape index (κ3) is 3.52. The first kappa shape index (κ1) is 18.3. The molecule has 0 saturated heterocycles. The summed E-state index contributed by atoms with van der Waals surface area (Å²) in [6, 6.07) is 17.6. The maximum absolute atomic E-state index is 6.38.